The molecule has 0 aromatic rings. The molecule has 2 aliphatic carbocycles. The Balaban J connectivity index is 1.89. The van der Waals surface area contributed by atoms with Crippen LogP contribution in [0, 0.1) is 23.2 Å². The fraction of sp³-hybridized carbons (Fsp3) is 0.846. The molecule has 1 unspecified atom stereocenters. The zero-order valence-corrected chi connectivity index (χ0v) is 10.7. The monoisotopic (exact) mass is 255 g/mol. The largest absolute Gasteiger partial charge is 0.481 e. The molecule has 2 rings (SSSR count). The highest BCUT2D eigenvalue weighted by Gasteiger charge is 2.44. The molecule has 0 heterocycles. The SMILES string of the molecule is CC1C[C@H](C(=O)NCC2(CO)CC2)[C@H](C(=O)O)C1. The maximum atomic E-state index is 12.0. The van der Waals surface area contributed by atoms with Crippen molar-refractivity contribution in [2.24, 2.45) is 23.2 Å². The maximum Gasteiger partial charge on any atom is 0.307 e. The van der Waals surface area contributed by atoms with Crippen LogP contribution in [0.25, 0.3) is 0 Å². The Morgan fingerprint density at radius 1 is 1.28 bits per heavy atom. The van der Waals surface area contributed by atoms with Crippen molar-refractivity contribution in [3.05, 3.63) is 0 Å². The zero-order chi connectivity index (χ0) is 13.3. The van der Waals surface area contributed by atoms with E-state index in [0.29, 0.717) is 19.4 Å². The average molecular weight is 255 g/mol. The summed E-state index contributed by atoms with van der Waals surface area (Å²) in [5, 5.41) is 21.1. The molecule has 2 aliphatic rings. The maximum absolute atomic E-state index is 12.0. The van der Waals surface area contributed by atoms with Gasteiger partial charge in [0.2, 0.25) is 5.91 Å². The molecule has 5 nitrogen and oxygen atoms in total. The summed E-state index contributed by atoms with van der Waals surface area (Å²) in [6, 6.07) is 0. The van der Waals surface area contributed by atoms with E-state index in [2.05, 4.69) is 5.32 Å². The summed E-state index contributed by atoms with van der Waals surface area (Å²) in [5.41, 5.74) is -0.126. The second kappa shape index (κ2) is 4.88. The van der Waals surface area contributed by atoms with Gasteiger partial charge in [-0.2, -0.15) is 0 Å². The number of carboxylic acids is 1. The molecule has 0 saturated heterocycles. The smallest absolute Gasteiger partial charge is 0.307 e. The van der Waals surface area contributed by atoms with Gasteiger partial charge in [0.15, 0.2) is 0 Å². The van der Waals surface area contributed by atoms with Gasteiger partial charge in [0.25, 0.3) is 0 Å². The molecular formula is C13H21NO4. The van der Waals surface area contributed by atoms with Gasteiger partial charge in [-0.15, -0.1) is 0 Å². The summed E-state index contributed by atoms with van der Waals surface area (Å²) in [7, 11) is 0. The van der Waals surface area contributed by atoms with Crippen LogP contribution in [-0.2, 0) is 9.59 Å². The number of rotatable bonds is 5. The van der Waals surface area contributed by atoms with E-state index in [0.717, 1.165) is 12.8 Å². The van der Waals surface area contributed by atoms with Gasteiger partial charge in [-0.25, -0.2) is 0 Å². The molecule has 0 aliphatic heterocycles. The molecule has 1 amide bonds. The minimum atomic E-state index is -0.872. The first-order chi connectivity index (χ1) is 8.47. The number of carbonyl (C=O) groups excluding carboxylic acids is 1. The van der Waals surface area contributed by atoms with Crippen molar-refractivity contribution in [3.63, 3.8) is 0 Å². The Kier molecular flexibility index (Phi) is 3.61. The number of nitrogens with one attached hydrogen (secondary N) is 1. The third kappa shape index (κ3) is 2.66. The predicted octanol–water partition coefficient (Wildman–Crippen LogP) is 0.622. The van der Waals surface area contributed by atoms with Gasteiger partial charge in [0.05, 0.1) is 18.4 Å². The molecule has 0 aromatic heterocycles. The van der Waals surface area contributed by atoms with E-state index in [1.807, 2.05) is 6.92 Å². The zero-order valence-electron chi connectivity index (χ0n) is 10.7. The lowest BCUT2D eigenvalue weighted by Gasteiger charge is -2.18. The molecule has 18 heavy (non-hydrogen) atoms. The van der Waals surface area contributed by atoms with Crippen LogP contribution >= 0.6 is 0 Å². The molecular weight excluding hydrogens is 234 g/mol. The van der Waals surface area contributed by atoms with Crippen LogP contribution in [0.1, 0.15) is 32.6 Å². The number of aliphatic hydroxyl groups is 1. The first-order valence-electron chi connectivity index (χ1n) is 6.59. The number of amides is 1. The normalized spacial score (nSPS) is 33.1. The molecule has 102 valence electrons. The standard InChI is InChI=1S/C13H21NO4/c1-8-4-9(10(5-8)12(17)18)11(16)14-6-13(7-15)2-3-13/h8-10,15H,2-7H2,1H3,(H,14,16)(H,17,18)/t8?,9-,10+/m0/s1. The quantitative estimate of drug-likeness (QED) is 0.672. The van der Waals surface area contributed by atoms with Gasteiger partial charge in [-0.05, 0) is 31.6 Å². The number of carboxylic acid groups (broad SMARTS) is 1. The number of aliphatic hydroxyl groups excluding tert-OH is 1. The lowest BCUT2D eigenvalue weighted by Crippen LogP contribution is -2.39. The van der Waals surface area contributed by atoms with E-state index in [1.54, 1.807) is 0 Å². The van der Waals surface area contributed by atoms with Gasteiger partial charge in [-0.3, -0.25) is 9.59 Å². The molecule has 0 bridgehead atoms. The number of hydrogen-bond donors (Lipinski definition) is 3. The number of aliphatic carboxylic acids is 1. The molecule has 2 fully saturated rings. The van der Waals surface area contributed by atoms with E-state index in [-0.39, 0.29) is 23.8 Å². The van der Waals surface area contributed by atoms with Crippen LogP contribution in [-0.4, -0.2) is 35.2 Å². The van der Waals surface area contributed by atoms with Crippen molar-refractivity contribution in [3.8, 4) is 0 Å². The highest BCUT2D eigenvalue weighted by molar-refractivity contribution is 5.85. The molecule has 3 atom stereocenters. The molecule has 0 spiro atoms. The minimum Gasteiger partial charge on any atom is -0.481 e. The lowest BCUT2D eigenvalue weighted by atomic mass is 9.95. The summed E-state index contributed by atoms with van der Waals surface area (Å²) in [6.45, 7) is 2.55. The van der Waals surface area contributed by atoms with Gasteiger partial charge < -0.3 is 15.5 Å². The summed E-state index contributed by atoms with van der Waals surface area (Å²) < 4.78 is 0. The van der Waals surface area contributed by atoms with Crippen LogP contribution in [0.15, 0.2) is 0 Å². The second-order valence-corrected chi connectivity index (χ2v) is 6.00. The summed E-state index contributed by atoms with van der Waals surface area (Å²) in [5.74, 6) is -1.71. The van der Waals surface area contributed by atoms with E-state index >= 15 is 0 Å². The Hall–Kier alpha value is -1.10. The van der Waals surface area contributed by atoms with Crippen LogP contribution in [0.4, 0.5) is 0 Å². The van der Waals surface area contributed by atoms with Crippen molar-refractivity contribution < 1.29 is 19.8 Å². The van der Waals surface area contributed by atoms with Crippen molar-refractivity contribution in [1.29, 1.82) is 0 Å². The van der Waals surface area contributed by atoms with Crippen molar-refractivity contribution in [2.45, 2.75) is 32.6 Å². The fourth-order valence-corrected chi connectivity index (χ4v) is 2.83. The van der Waals surface area contributed by atoms with Crippen molar-refractivity contribution in [1.82, 2.24) is 5.32 Å². The van der Waals surface area contributed by atoms with Crippen molar-refractivity contribution in [2.75, 3.05) is 13.2 Å². The Bertz CT molecular complexity index is 351. The Morgan fingerprint density at radius 3 is 2.39 bits per heavy atom. The topological polar surface area (TPSA) is 86.6 Å². The van der Waals surface area contributed by atoms with Crippen LogP contribution in [0.3, 0.4) is 0 Å². The lowest BCUT2D eigenvalue weighted by molar-refractivity contribution is -0.146. The third-order valence-corrected chi connectivity index (χ3v) is 4.38. The van der Waals surface area contributed by atoms with Crippen LogP contribution in [0.5, 0.6) is 0 Å². The van der Waals surface area contributed by atoms with E-state index in [9.17, 15) is 14.7 Å². The predicted molar refractivity (Wildman–Crippen MR) is 64.8 cm³/mol. The molecule has 3 N–H and O–H groups in total. The molecule has 0 aromatic carbocycles. The number of hydrogen-bond acceptors (Lipinski definition) is 3. The summed E-state index contributed by atoms with van der Waals surface area (Å²) in [6.07, 6.45) is 3.11. The van der Waals surface area contributed by atoms with Gasteiger partial charge >= 0.3 is 5.97 Å². The van der Waals surface area contributed by atoms with Crippen molar-refractivity contribution >= 4 is 11.9 Å². The van der Waals surface area contributed by atoms with Gasteiger partial charge in [-0.1, -0.05) is 6.92 Å². The molecule has 0 radical (unpaired) electrons. The minimum absolute atomic E-state index is 0.0940. The average Bonchev–Trinajstić information content (AvgIpc) is 3.01. The van der Waals surface area contributed by atoms with Crippen LogP contribution in [0.2, 0.25) is 0 Å². The summed E-state index contributed by atoms with van der Waals surface area (Å²) in [4.78, 5) is 23.2. The highest BCUT2D eigenvalue weighted by atomic mass is 16.4. The third-order valence-electron chi connectivity index (χ3n) is 4.38. The second-order valence-electron chi connectivity index (χ2n) is 6.00. The first kappa shape index (κ1) is 13.3. The first-order valence-corrected chi connectivity index (χ1v) is 6.59. The Labute approximate surface area is 107 Å². The molecule has 5 heteroatoms. The molecule has 2 saturated carbocycles. The summed E-state index contributed by atoms with van der Waals surface area (Å²) >= 11 is 0. The Morgan fingerprint density at radius 2 is 1.89 bits per heavy atom. The van der Waals surface area contributed by atoms with Gasteiger partial charge in [0, 0.05) is 12.0 Å². The van der Waals surface area contributed by atoms with Gasteiger partial charge in [0.1, 0.15) is 0 Å². The van der Waals surface area contributed by atoms with Crippen LogP contribution < -0.4 is 5.32 Å². The number of carbonyl (C=O) groups is 2. The highest BCUT2D eigenvalue weighted by Crippen LogP contribution is 2.44. The van der Waals surface area contributed by atoms with E-state index in [4.69, 9.17) is 5.11 Å². The fourth-order valence-electron chi connectivity index (χ4n) is 2.83. The van der Waals surface area contributed by atoms with E-state index < -0.39 is 17.8 Å². The van der Waals surface area contributed by atoms with E-state index in [1.165, 1.54) is 0 Å².